The number of carbonyl (C=O) groups excluding carboxylic acids is 1. The zero-order valence-corrected chi connectivity index (χ0v) is 11.5. The van der Waals surface area contributed by atoms with E-state index in [1.807, 2.05) is 6.07 Å². The van der Waals surface area contributed by atoms with Gasteiger partial charge in [-0.25, -0.2) is 4.39 Å². The molecule has 1 N–H and O–H groups in total. The molecule has 0 radical (unpaired) electrons. The first-order valence-corrected chi connectivity index (χ1v) is 6.23. The molecule has 0 aliphatic heterocycles. The molecule has 1 amide bonds. The Morgan fingerprint density at radius 3 is 2.55 bits per heavy atom. The zero-order chi connectivity index (χ0) is 14.7. The fraction of sp³-hybridized carbons (Fsp3) is 0. The number of carbonyl (C=O) groups is 1. The molecule has 2 aromatic carbocycles. The molecule has 0 aliphatic carbocycles. The van der Waals surface area contributed by atoms with E-state index in [1.54, 1.807) is 6.07 Å². The number of hydrogen-bond donors (Lipinski definition) is 1. The Kier molecular flexibility index (Phi) is 4.23. The van der Waals surface area contributed by atoms with Gasteiger partial charge < -0.3 is 5.32 Å². The molecule has 100 valence electrons. The largest absolute Gasteiger partial charge is 0.322 e. The molecule has 2 aromatic rings. The van der Waals surface area contributed by atoms with Crippen molar-refractivity contribution in [3.05, 3.63) is 63.4 Å². The van der Waals surface area contributed by atoms with E-state index >= 15 is 0 Å². The summed E-state index contributed by atoms with van der Waals surface area (Å²) in [5.41, 5.74) is 0.785. The fourth-order valence-corrected chi connectivity index (χ4v) is 1.97. The third kappa shape index (κ3) is 3.08. The van der Waals surface area contributed by atoms with E-state index in [-0.39, 0.29) is 16.1 Å². The maximum Gasteiger partial charge on any atom is 0.257 e. The van der Waals surface area contributed by atoms with Gasteiger partial charge in [0.15, 0.2) is 0 Å². The van der Waals surface area contributed by atoms with Gasteiger partial charge in [-0.3, -0.25) is 4.79 Å². The molecule has 0 spiro atoms. The lowest BCUT2D eigenvalue weighted by Gasteiger charge is -2.07. The van der Waals surface area contributed by atoms with Crippen LogP contribution in [0.2, 0.25) is 10.0 Å². The Labute approximate surface area is 124 Å². The summed E-state index contributed by atoms with van der Waals surface area (Å²) >= 11 is 11.6. The second kappa shape index (κ2) is 5.91. The minimum atomic E-state index is -0.523. The van der Waals surface area contributed by atoms with Crippen LogP contribution in [0.1, 0.15) is 15.9 Å². The normalized spacial score (nSPS) is 9.90. The van der Waals surface area contributed by atoms with Crippen LogP contribution in [0.5, 0.6) is 0 Å². The Morgan fingerprint density at radius 2 is 1.90 bits per heavy atom. The second-order valence-corrected chi connectivity index (χ2v) is 4.70. The molecule has 0 heterocycles. The number of rotatable bonds is 2. The van der Waals surface area contributed by atoms with Gasteiger partial charge in [-0.05, 0) is 36.4 Å². The SMILES string of the molecule is N#Cc1cc(NC(=O)c2ccc(F)cc2Cl)ccc1Cl. The van der Waals surface area contributed by atoms with Gasteiger partial charge in [-0.2, -0.15) is 5.26 Å². The molecule has 0 unspecified atom stereocenters. The lowest BCUT2D eigenvalue weighted by molar-refractivity contribution is 0.102. The van der Waals surface area contributed by atoms with Crippen molar-refractivity contribution in [3.63, 3.8) is 0 Å². The summed E-state index contributed by atoms with van der Waals surface area (Å²) in [6.07, 6.45) is 0. The van der Waals surface area contributed by atoms with E-state index in [9.17, 15) is 9.18 Å². The third-order valence-corrected chi connectivity index (χ3v) is 3.16. The molecule has 20 heavy (non-hydrogen) atoms. The predicted octanol–water partition coefficient (Wildman–Crippen LogP) is 4.26. The van der Waals surface area contributed by atoms with E-state index in [0.717, 1.165) is 12.1 Å². The Morgan fingerprint density at radius 1 is 1.15 bits per heavy atom. The topological polar surface area (TPSA) is 52.9 Å². The summed E-state index contributed by atoms with van der Waals surface area (Å²) in [5.74, 6) is -1.02. The first-order chi connectivity index (χ1) is 9.51. The van der Waals surface area contributed by atoms with E-state index in [0.29, 0.717) is 10.7 Å². The van der Waals surface area contributed by atoms with Gasteiger partial charge in [0.1, 0.15) is 11.9 Å². The molecule has 0 saturated carbocycles. The van der Waals surface area contributed by atoms with Crippen molar-refractivity contribution < 1.29 is 9.18 Å². The van der Waals surface area contributed by atoms with Crippen LogP contribution in [0, 0.1) is 17.1 Å². The Balaban J connectivity index is 2.26. The van der Waals surface area contributed by atoms with Gasteiger partial charge in [-0.15, -0.1) is 0 Å². The number of halogens is 3. The lowest BCUT2D eigenvalue weighted by atomic mass is 10.2. The van der Waals surface area contributed by atoms with E-state index in [1.165, 1.54) is 18.2 Å². The maximum atomic E-state index is 12.9. The van der Waals surface area contributed by atoms with Gasteiger partial charge in [-0.1, -0.05) is 23.2 Å². The van der Waals surface area contributed by atoms with E-state index in [4.69, 9.17) is 28.5 Å². The maximum absolute atomic E-state index is 12.9. The van der Waals surface area contributed by atoms with E-state index in [2.05, 4.69) is 5.32 Å². The van der Waals surface area contributed by atoms with Gasteiger partial charge in [0.2, 0.25) is 0 Å². The van der Waals surface area contributed by atoms with Crippen LogP contribution in [-0.2, 0) is 0 Å². The highest BCUT2D eigenvalue weighted by atomic mass is 35.5. The molecule has 0 atom stereocenters. The molecule has 0 fully saturated rings. The average molecular weight is 309 g/mol. The van der Waals surface area contributed by atoms with Crippen molar-refractivity contribution in [1.82, 2.24) is 0 Å². The summed E-state index contributed by atoms with van der Waals surface area (Å²) in [6, 6.07) is 9.89. The summed E-state index contributed by atoms with van der Waals surface area (Å²) in [7, 11) is 0. The quantitative estimate of drug-likeness (QED) is 0.901. The van der Waals surface area contributed by atoms with Crippen LogP contribution in [0.3, 0.4) is 0 Å². The monoisotopic (exact) mass is 308 g/mol. The standard InChI is InChI=1S/C14H7Cl2FN2O/c15-12-4-2-10(5-8(12)7-18)19-14(20)11-3-1-9(17)6-13(11)16/h1-6H,(H,19,20). The number of hydrogen-bond acceptors (Lipinski definition) is 2. The summed E-state index contributed by atoms with van der Waals surface area (Å²) < 4.78 is 12.9. The van der Waals surface area contributed by atoms with Crippen LogP contribution in [0.15, 0.2) is 36.4 Å². The first kappa shape index (κ1) is 14.3. The van der Waals surface area contributed by atoms with Crippen LogP contribution in [0.4, 0.5) is 10.1 Å². The Bertz CT molecular complexity index is 726. The van der Waals surface area contributed by atoms with Gasteiger partial charge in [0.05, 0.1) is 21.2 Å². The van der Waals surface area contributed by atoms with Crippen molar-refractivity contribution in [2.24, 2.45) is 0 Å². The van der Waals surface area contributed by atoms with Crippen LogP contribution < -0.4 is 5.32 Å². The van der Waals surface area contributed by atoms with E-state index < -0.39 is 11.7 Å². The minimum absolute atomic E-state index is 0.0111. The molecule has 6 heteroatoms. The molecular weight excluding hydrogens is 302 g/mol. The van der Waals surface area contributed by atoms with Crippen molar-refractivity contribution in [2.75, 3.05) is 5.32 Å². The number of nitriles is 1. The van der Waals surface area contributed by atoms with Crippen LogP contribution in [-0.4, -0.2) is 5.91 Å². The van der Waals surface area contributed by atoms with Gasteiger partial charge in [0.25, 0.3) is 5.91 Å². The molecule has 0 aromatic heterocycles. The predicted molar refractivity (Wildman–Crippen MR) is 75.5 cm³/mol. The van der Waals surface area contributed by atoms with Crippen molar-refractivity contribution in [3.8, 4) is 6.07 Å². The van der Waals surface area contributed by atoms with Crippen LogP contribution >= 0.6 is 23.2 Å². The molecular formula is C14H7Cl2FN2O. The summed E-state index contributed by atoms with van der Waals surface area (Å²) in [5, 5.41) is 11.7. The lowest BCUT2D eigenvalue weighted by Crippen LogP contribution is -2.12. The Hall–Kier alpha value is -2.09. The van der Waals surface area contributed by atoms with Crippen molar-refractivity contribution in [1.29, 1.82) is 5.26 Å². The summed E-state index contributed by atoms with van der Waals surface area (Å²) in [4.78, 5) is 12.0. The highest BCUT2D eigenvalue weighted by molar-refractivity contribution is 6.34. The minimum Gasteiger partial charge on any atom is -0.322 e. The fourth-order valence-electron chi connectivity index (χ4n) is 1.56. The van der Waals surface area contributed by atoms with Gasteiger partial charge in [0, 0.05) is 5.69 Å². The average Bonchev–Trinajstić information content (AvgIpc) is 2.40. The molecule has 0 bridgehead atoms. The zero-order valence-electron chi connectivity index (χ0n) is 9.95. The number of nitrogens with zero attached hydrogens (tertiary/aromatic N) is 1. The number of anilines is 1. The molecule has 2 rings (SSSR count). The molecule has 3 nitrogen and oxygen atoms in total. The first-order valence-electron chi connectivity index (χ1n) is 5.47. The van der Waals surface area contributed by atoms with Crippen molar-refractivity contribution in [2.45, 2.75) is 0 Å². The van der Waals surface area contributed by atoms with Crippen LogP contribution in [0.25, 0.3) is 0 Å². The highest BCUT2D eigenvalue weighted by Crippen LogP contribution is 2.22. The highest BCUT2D eigenvalue weighted by Gasteiger charge is 2.12. The number of amides is 1. The van der Waals surface area contributed by atoms with Gasteiger partial charge >= 0.3 is 0 Å². The molecule has 0 aliphatic rings. The number of benzene rings is 2. The molecule has 0 saturated heterocycles. The van der Waals surface area contributed by atoms with Crippen molar-refractivity contribution >= 4 is 34.8 Å². The number of nitrogens with one attached hydrogen (secondary N) is 1. The summed E-state index contributed by atoms with van der Waals surface area (Å²) in [6.45, 7) is 0. The second-order valence-electron chi connectivity index (χ2n) is 3.88. The third-order valence-electron chi connectivity index (χ3n) is 2.52. The smallest absolute Gasteiger partial charge is 0.257 e.